The summed E-state index contributed by atoms with van der Waals surface area (Å²) < 4.78 is 16.5. The number of hydrogen-bond acceptors (Lipinski definition) is 4. The van der Waals surface area contributed by atoms with E-state index in [1.807, 2.05) is 54.6 Å². The van der Waals surface area contributed by atoms with Crippen molar-refractivity contribution in [1.29, 1.82) is 0 Å². The topological polar surface area (TPSA) is 56.8 Å². The lowest BCUT2D eigenvalue weighted by molar-refractivity contribution is -0.118. The molecule has 0 atom stereocenters. The molecule has 0 spiro atoms. The largest absolute Gasteiger partial charge is 0.495 e. The summed E-state index contributed by atoms with van der Waals surface area (Å²) in [4.78, 5) is 12.1. The van der Waals surface area contributed by atoms with Gasteiger partial charge in [-0.05, 0) is 42.0 Å². The molecule has 1 N–H and O–H groups in total. The van der Waals surface area contributed by atoms with Gasteiger partial charge in [0.15, 0.2) is 6.61 Å². The molecule has 5 nitrogen and oxygen atoms in total. The Bertz CT molecular complexity index is 863. The molecule has 0 radical (unpaired) electrons. The van der Waals surface area contributed by atoms with Crippen molar-refractivity contribution in [2.45, 2.75) is 6.61 Å². The predicted octanol–water partition coefficient (Wildman–Crippen LogP) is 4.29. The molecule has 0 unspecified atom stereocenters. The fourth-order valence-corrected chi connectivity index (χ4v) is 2.46. The zero-order chi connectivity index (χ0) is 18.9. The molecular formula is C22H21NO4. The summed E-state index contributed by atoms with van der Waals surface area (Å²) in [6, 6.07) is 24.4. The van der Waals surface area contributed by atoms with Crippen LogP contribution in [0.3, 0.4) is 0 Å². The summed E-state index contributed by atoms with van der Waals surface area (Å²) in [5.41, 5.74) is 1.71. The summed E-state index contributed by atoms with van der Waals surface area (Å²) in [7, 11) is 1.56. The highest BCUT2D eigenvalue weighted by Gasteiger charge is 2.07. The number of ether oxygens (including phenoxy) is 3. The van der Waals surface area contributed by atoms with Gasteiger partial charge in [0.1, 0.15) is 23.9 Å². The van der Waals surface area contributed by atoms with Crippen molar-refractivity contribution < 1.29 is 19.0 Å². The van der Waals surface area contributed by atoms with Crippen LogP contribution < -0.4 is 19.5 Å². The van der Waals surface area contributed by atoms with Crippen LogP contribution in [0.5, 0.6) is 17.2 Å². The van der Waals surface area contributed by atoms with E-state index in [0.29, 0.717) is 23.8 Å². The molecule has 0 aliphatic rings. The Morgan fingerprint density at radius 1 is 0.815 bits per heavy atom. The van der Waals surface area contributed by atoms with Crippen LogP contribution in [0.25, 0.3) is 0 Å². The van der Waals surface area contributed by atoms with Crippen LogP contribution in [0.4, 0.5) is 5.69 Å². The average Bonchev–Trinajstić information content (AvgIpc) is 2.72. The molecule has 3 rings (SSSR count). The van der Waals surface area contributed by atoms with E-state index in [9.17, 15) is 4.79 Å². The minimum Gasteiger partial charge on any atom is -0.495 e. The van der Waals surface area contributed by atoms with Gasteiger partial charge in [-0.15, -0.1) is 0 Å². The first-order chi connectivity index (χ1) is 13.2. The Morgan fingerprint density at radius 2 is 1.44 bits per heavy atom. The third-order valence-electron chi connectivity index (χ3n) is 3.82. The number of para-hydroxylation sites is 2. The predicted molar refractivity (Wildman–Crippen MR) is 104 cm³/mol. The van der Waals surface area contributed by atoms with Gasteiger partial charge in [0.05, 0.1) is 12.8 Å². The molecule has 0 fully saturated rings. The number of amides is 1. The number of hydrogen-bond donors (Lipinski definition) is 1. The number of carbonyl (C=O) groups excluding carboxylic acids is 1. The van der Waals surface area contributed by atoms with Crippen molar-refractivity contribution in [3.8, 4) is 17.2 Å². The van der Waals surface area contributed by atoms with E-state index in [-0.39, 0.29) is 12.5 Å². The Balaban J connectivity index is 1.47. The highest BCUT2D eigenvalue weighted by atomic mass is 16.5. The number of rotatable bonds is 8. The van der Waals surface area contributed by atoms with E-state index in [2.05, 4.69) is 5.32 Å². The van der Waals surface area contributed by atoms with Crippen LogP contribution in [-0.2, 0) is 11.4 Å². The maximum absolute atomic E-state index is 12.1. The van der Waals surface area contributed by atoms with Crippen LogP contribution in [-0.4, -0.2) is 19.6 Å². The summed E-state index contributed by atoms with van der Waals surface area (Å²) in [5, 5.41) is 2.77. The SMILES string of the molecule is COc1ccccc1NC(=O)COc1ccc(OCc2ccccc2)cc1. The van der Waals surface area contributed by atoms with E-state index in [0.717, 1.165) is 11.3 Å². The Labute approximate surface area is 158 Å². The van der Waals surface area contributed by atoms with Gasteiger partial charge in [-0.25, -0.2) is 0 Å². The monoisotopic (exact) mass is 363 g/mol. The normalized spacial score (nSPS) is 10.1. The molecule has 138 valence electrons. The second-order valence-corrected chi connectivity index (χ2v) is 5.78. The van der Waals surface area contributed by atoms with Crippen molar-refractivity contribution in [2.24, 2.45) is 0 Å². The number of carbonyl (C=O) groups is 1. The molecule has 5 heteroatoms. The standard InChI is InChI=1S/C22H21NO4/c1-25-21-10-6-5-9-20(21)23-22(24)16-27-19-13-11-18(12-14-19)26-15-17-7-3-2-4-8-17/h2-14H,15-16H2,1H3,(H,23,24). The van der Waals surface area contributed by atoms with Gasteiger partial charge in [0.25, 0.3) is 5.91 Å². The minimum absolute atomic E-state index is 0.0950. The fraction of sp³-hybridized carbons (Fsp3) is 0.136. The molecule has 1 amide bonds. The molecule has 0 heterocycles. The third-order valence-corrected chi connectivity index (χ3v) is 3.82. The van der Waals surface area contributed by atoms with E-state index >= 15 is 0 Å². The molecule has 3 aromatic rings. The molecule has 0 saturated carbocycles. The Morgan fingerprint density at radius 3 is 2.15 bits per heavy atom. The first kappa shape index (κ1) is 18.3. The van der Waals surface area contributed by atoms with Gasteiger partial charge in [0, 0.05) is 0 Å². The number of anilines is 1. The quantitative estimate of drug-likeness (QED) is 0.649. The maximum Gasteiger partial charge on any atom is 0.262 e. The molecule has 0 aliphatic heterocycles. The van der Waals surface area contributed by atoms with Gasteiger partial charge >= 0.3 is 0 Å². The van der Waals surface area contributed by atoms with E-state index in [4.69, 9.17) is 14.2 Å². The van der Waals surface area contributed by atoms with Gasteiger partial charge in [-0.2, -0.15) is 0 Å². The molecule has 0 bridgehead atoms. The first-order valence-corrected chi connectivity index (χ1v) is 8.57. The smallest absolute Gasteiger partial charge is 0.262 e. The first-order valence-electron chi connectivity index (χ1n) is 8.57. The molecule has 27 heavy (non-hydrogen) atoms. The molecular weight excluding hydrogens is 342 g/mol. The van der Waals surface area contributed by atoms with Crippen molar-refractivity contribution in [1.82, 2.24) is 0 Å². The van der Waals surface area contributed by atoms with Gasteiger partial charge in [-0.3, -0.25) is 4.79 Å². The summed E-state index contributed by atoms with van der Waals surface area (Å²) in [6.45, 7) is 0.407. The summed E-state index contributed by atoms with van der Waals surface area (Å²) in [5.74, 6) is 1.68. The van der Waals surface area contributed by atoms with Gasteiger partial charge < -0.3 is 19.5 Å². The van der Waals surface area contributed by atoms with Gasteiger partial charge in [-0.1, -0.05) is 42.5 Å². The van der Waals surface area contributed by atoms with Crippen molar-refractivity contribution in [3.05, 3.63) is 84.4 Å². The summed E-state index contributed by atoms with van der Waals surface area (Å²) >= 11 is 0. The van der Waals surface area contributed by atoms with Gasteiger partial charge in [0.2, 0.25) is 0 Å². The highest BCUT2D eigenvalue weighted by Crippen LogP contribution is 2.23. The maximum atomic E-state index is 12.1. The van der Waals surface area contributed by atoms with Crippen LogP contribution in [0, 0.1) is 0 Å². The molecule has 0 aliphatic carbocycles. The van der Waals surface area contributed by atoms with Crippen LogP contribution >= 0.6 is 0 Å². The van der Waals surface area contributed by atoms with Crippen molar-refractivity contribution >= 4 is 11.6 Å². The van der Waals surface area contributed by atoms with E-state index in [1.54, 1.807) is 31.4 Å². The van der Waals surface area contributed by atoms with Crippen molar-refractivity contribution in [2.75, 3.05) is 19.0 Å². The second-order valence-electron chi connectivity index (χ2n) is 5.78. The van der Waals surface area contributed by atoms with Crippen molar-refractivity contribution in [3.63, 3.8) is 0 Å². The Hall–Kier alpha value is -3.47. The van der Waals surface area contributed by atoms with E-state index in [1.165, 1.54) is 0 Å². The average molecular weight is 363 g/mol. The highest BCUT2D eigenvalue weighted by molar-refractivity contribution is 5.93. The van der Waals surface area contributed by atoms with Crippen LogP contribution in [0.15, 0.2) is 78.9 Å². The number of methoxy groups -OCH3 is 1. The van der Waals surface area contributed by atoms with Crippen LogP contribution in [0.2, 0.25) is 0 Å². The molecule has 3 aromatic carbocycles. The minimum atomic E-state index is -0.260. The van der Waals surface area contributed by atoms with Crippen LogP contribution in [0.1, 0.15) is 5.56 Å². The molecule has 0 saturated heterocycles. The Kier molecular flexibility index (Phi) is 6.30. The lowest BCUT2D eigenvalue weighted by atomic mass is 10.2. The second kappa shape index (κ2) is 9.29. The lowest BCUT2D eigenvalue weighted by Crippen LogP contribution is -2.20. The summed E-state index contributed by atoms with van der Waals surface area (Å²) in [6.07, 6.45) is 0. The zero-order valence-corrected chi connectivity index (χ0v) is 15.1. The zero-order valence-electron chi connectivity index (χ0n) is 15.1. The molecule has 0 aromatic heterocycles. The number of nitrogens with one attached hydrogen (secondary N) is 1. The third kappa shape index (κ3) is 5.51. The lowest BCUT2D eigenvalue weighted by Gasteiger charge is -2.11. The van der Waals surface area contributed by atoms with E-state index < -0.39 is 0 Å². The fourth-order valence-electron chi connectivity index (χ4n) is 2.46. The number of benzene rings is 3.